The monoisotopic (exact) mass is 333 g/mol. The van der Waals surface area contributed by atoms with Crippen molar-refractivity contribution in [2.45, 2.75) is 17.7 Å². The molecule has 0 unspecified atom stereocenters. The maximum Gasteiger partial charge on any atom is 0.518 e. The fraction of sp³-hybridized carbons (Fsp3) is 0.500. The Balaban J connectivity index is 2.41. The highest BCUT2D eigenvalue weighted by Gasteiger charge is 2.46. The molecule has 0 aliphatic heterocycles. The van der Waals surface area contributed by atoms with Crippen LogP contribution in [-0.4, -0.2) is 30.5 Å². The van der Waals surface area contributed by atoms with Crippen molar-refractivity contribution >= 4 is 39.0 Å². The van der Waals surface area contributed by atoms with Crippen molar-refractivity contribution in [2.75, 3.05) is 5.75 Å². The molecule has 1 aromatic rings. The molecular formula is C8H10F3N3O2S3. The van der Waals surface area contributed by atoms with Gasteiger partial charge < -0.3 is 5.73 Å². The number of hydrogen-bond acceptors (Lipinski definition) is 5. The highest BCUT2D eigenvalue weighted by atomic mass is 32.2. The minimum Gasteiger partial charge on any atom is -0.386 e. The molecule has 0 aliphatic rings. The second kappa shape index (κ2) is 6.57. The Morgan fingerprint density at radius 1 is 1.53 bits per heavy atom. The molecule has 19 heavy (non-hydrogen) atoms. The first kappa shape index (κ1) is 16.2. The Morgan fingerprint density at radius 2 is 2.21 bits per heavy atom. The van der Waals surface area contributed by atoms with E-state index < -0.39 is 21.4 Å². The van der Waals surface area contributed by atoms with Crippen LogP contribution >= 0.6 is 23.1 Å². The molecule has 5 nitrogen and oxygen atoms in total. The summed E-state index contributed by atoms with van der Waals surface area (Å²) in [5.74, 6) is 0.395. The van der Waals surface area contributed by atoms with Crippen molar-refractivity contribution in [3.8, 4) is 0 Å². The number of halogens is 3. The van der Waals surface area contributed by atoms with E-state index in [2.05, 4.69) is 9.38 Å². The smallest absolute Gasteiger partial charge is 0.386 e. The Labute approximate surface area is 116 Å². The van der Waals surface area contributed by atoms with Gasteiger partial charge in [-0.1, -0.05) is 0 Å². The third-order valence-corrected chi connectivity index (χ3v) is 4.45. The number of amidine groups is 1. The summed E-state index contributed by atoms with van der Waals surface area (Å²) in [6.45, 7) is 0. The Hall–Kier alpha value is -0.810. The van der Waals surface area contributed by atoms with Gasteiger partial charge >= 0.3 is 15.5 Å². The number of hydrogen-bond donors (Lipinski definition) is 1. The molecule has 0 amide bonds. The number of nitrogens with zero attached hydrogens (tertiary/aromatic N) is 2. The summed E-state index contributed by atoms with van der Waals surface area (Å²) in [7, 11) is -5.53. The molecular weight excluding hydrogens is 323 g/mol. The molecule has 2 N–H and O–H groups in total. The Bertz CT molecular complexity index is 525. The molecule has 11 heteroatoms. The lowest BCUT2D eigenvalue weighted by Crippen LogP contribution is -2.25. The van der Waals surface area contributed by atoms with Crippen LogP contribution < -0.4 is 5.73 Å². The van der Waals surface area contributed by atoms with E-state index in [4.69, 9.17) is 5.73 Å². The first-order valence-electron chi connectivity index (χ1n) is 4.83. The maximum atomic E-state index is 12.0. The molecule has 0 bridgehead atoms. The van der Waals surface area contributed by atoms with Crippen LogP contribution in [0.1, 0.15) is 12.1 Å². The van der Waals surface area contributed by atoms with Crippen LogP contribution in [0.25, 0.3) is 0 Å². The van der Waals surface area contributed by atoms with E-state index in [0.29, 0.717) is 11.5 Å². The molecule has 1 rings (SSSR count). The van der Waals surface area contributed by atoms with Gasteiger partial charge in [0.15, 0.2) is 0 Å². The normalized spacial score (nSPS) is 13.7. The summed E-state index contributed by atoms with van der Waals surface area (Å²) >= 11 is 2.82. The van der Waals surface area contributed by atoms with E-state index in [-0.39, 0.29) is 6.42 Å². The topological polar surface area (TPSA) is 85.4 Å². The first-order valence-corrected chi connectivity index (χ1v) is 8.36. The van der Waals surface area contributed by atoms with Gasteiger partial charge in [-0.25, -0.2) is 4.98 Å². The second-order valence-corrected chi connectivity index (χ2v) is 6.71. The van der Waals surface area contributed by atoms with Crippen molar-refractivity contribution in [3.05, 3.63) is 16.6 Å². The highest BCUT2D eigenvalue weighted by molar-refractivity contribution is 7.98. The second-order valence-electron chi connectivity index (χ2n) is 3.29. The minimum atomic E-state index is -5.53. The molecule has 0 saturated carbocycles. The summed E-state index contributed by atoms with van der Waals surface area (Å²) in [6, 6.07) is 0. The summed E-state index contributed by atoms with van der Waals surface area (Å²) in [5.41, 5.74) is 2.27. The summed E-state index contributed by atoms with van der Waals surface area (Å²) < 4.78 is 59.9. The van der Waals surface area contributed by atoms with Crippen molar-refractivity contribution < 1.29 is 21.6 Å². The standard InChI is InChI=1S/C8H10F3N3O2S3/c9-8(10,11)19(15,16)14-7(12)1-2-17-3-6-4-18-5-13-6/h4-5H,1-3H2,(H2,12,14). The number of thiazole rings is 1. The van der Waals surface area contributed by atoms with Crippen LogP contribution in [0.4, 0.5) is 13.2 Å². The third kappa shape index (κ3) is 5.37. The molecule has 0 aromatic carbocycles. The lowest BCUT2D eigenvalue weighted by atomic mass is 10.5. The van der Waals surface area contributed by atoms with Crippen molar-refractivity contribution in [1.29, 1.82) is 0 Å². The van der Waals surface area contributed by atoms with Crippen molar-refractivity contribution in [2.24, 2.45) is 10.1 Å². The van der Waals surface area contributed by atoms with Crippen LogP contribution in [-0.2, 0) is 15.8 Å². The van der Waals surface area contributed by atoms with Gasteiger partial charge in [-0.3, -0.25) is 0 Å². The lowest BCUT2D eigenvalue weighted by Gasteiger charge is -2.04. The molecule has 108 valence electrons. The number of alkyl halides is 3. The van der Waals surface area contributed by atoms with Gasteiger partial charge in [0.1, 0.15) is 5.84 Å². The highest BCUT2D eigenvalue weighted by Crippen LogP contribution is 2.24. The number of thioether (sulfide) groups is 1. The molecule has 0 saturated heterocycles. The van der Waals surface area contributed by atoms with Gasteiger partial charge in [0.25, 0.3) is 0 Å². The number of rotatable bonds is 6. The van der Waals surface area contributed by atoms with E-state index in [0.717, 1.165) is 5.69 Å². The van der Waals surface area contributed by atoms with E-state index in [9.17, 15) is 21.6 Å². The molecule has 0 atom stereocenters. The molecule has 1 heterocycles. The quantitative estimate of drug-likeness (QED) is 0.489. The summed E-state index contributed by atoms with van der Waals surface area (Å²) in [6.07, 6.45) is -0.0376. The van der Waals surface area contributed by atoms with Gasteiger partial charge in [0, 0.05) is 23.3 Å². The fourth-order valence-corrected chi connectivity index (χ4v) is 2.95. The van der Waals surface area contributed by atoms with E-state index in [1.165, 1.54) is 23.1 Å². The van der Waals surface area contributed by atoms with Gasteiger partial charge in [-0.05, 0) is 0 Å². The van der Waals surface area contributed by atoms with E-state index in [1.54, 1.807) is 5.51 Å². The van der Waals surface area contributed by atoms with Crippen molar-refractivity contribution in [1.82, 2.24) is 4.98 Å². The van der Waals surface area contributed by atoms with Gasteiger partial charge in [0.05, 0.1) is 11.2 Å². The van der Waals surface area contributed by atoms with Crippen molar-refractivity contribution in [3.63, 3.8) is 0 Å². The van der Waals surface area contributed by atoms with Crippen LogP contribution in [0.3, 0.4) is 0 Å². The average Bonchev–Trinajstić information content (AvgIpc) is 2.75. The van der Waals surface area contributed by atoms with Crippen LogP contribution in [0.2, 0.25) is 0 Å². The predicted molar refractivity (Wildman–Crippen MR) is 69.5 cm³/mol. The van der Waals surface area contributed by atoms with Crippen LogP contribution in [0.5, 0.6) is 0 Å². The molecule has 0 aliphatic carbocycles. The zero-order valence-electron chi connectivity index (χ0n) is 9.42. The van der Waals surface area contributed by atoms with E-state index in [1.807, 2.05) is 5.38 Å². The maximum absolute atomic E-state index is 12.0. The SMILES string of the molecule is NC(CCSCc1cscn1)=NS(=O)(=O)C(F)(F)F. The zero-order valence-corrected chi connectivity index (χ0v) is 11.9. The molecule has 0 spiro atoms. The van der Waals surface area contributed by atoms with Gasteiger partial charge in [-0.2, -0.15) is 33.4 Å². The summed E-state index contributed by atoms with van der Waals surface area (Å²) in [5, 5.41) is 1.85. The Morgan fingerprint density at radius 3 is 2.74 bits per heavy atom. The van der Waals surface area contributed by atoms with Crippen LogP contribution in [0, 0.1) is 0 Å². The number of nitrogens with two attached hydrogens (primary N) is 1. The Kier molecular flexibility index (Phi) is 5.62. The first-order chi connectivity index (χ1) is 8.72. The predicted octanol–water partition coefficient (Wildman–Crippen LogP) is 1.97. The molecule has 0 fully saturated rings. The number of sulfonamides is 1. The molecule has 0 radical (unpaired) electrons. The zero-order chi connectivity index (χ0) is 14.5. The fourth-order valence-electron chi connectivity index (χ4n) is 0.914. The minimum absolute atomic E-state index is 0.0376. The summed E-state index contributed by atoms with van der Waals surface area (Å²) in [4.78, 5) is 4.02. The lowest BCUT2D eigenvalue weighted by molar-refractivity contribution is -0.0435. The molecule has 1 aromatic heterocycles. The third-order valence-electron chi connectivity index (χ3n) is 1.77. The van der Waals surface area contributed by atoms with E-state index >= 15 is 0 Å². The number of aromatic nitrogens is 1. The average molecular weight is 333 g/mol. The van der Waals surface area contributed by atoms with Gasteiger partial charge in [0.2, 0.25) is 0 Å². The largest absolute Gasteiger partial charge is 0.518 e. The van der Waals surface area contributed by atoms with Gasteiger partial charge in [-0.15, -0.1) is 15.7 Å². The van der Waals surface area contributed by atoms with Crippen LogP contribution in [0.15, 0.2) is 15.3 Å².